The lowest BCUT2D eigenvalue weighted by Crippen LogP contribution is -2.20. The molecule has 2 rings (SSSR count). The lowest BCUT2D eigenvalue weighted by molar-refractivity contribution is 0.587. The number of thioether (sulfide) groups is 1. The van der Waals surface area contributed by atoms with Crippen molar-refractivity contribution in [2.75, 3.05) is 0 Å². The predicted octanol–water partition coefficient (Wildman–Crippen LogP) is 5.03. The maximum atomic E-state index is 4.74. The molecule has 1 heterocycles. The van der Waals surface area contributed by atoms with Crippen LogP contribution in [0.15, 0.2) is 28.1 Å². The van der Waals surface area contributed by atoms with Crippen molar-refractivity contribution in [1.29, 1.82) is 0 Å². The van der Waals surface area contributed by atoms with Gasteiger partial charge in [-0.3, -0.25) is 4.99 Å². The van der Waals surface area contributed by atoms with E-state index in [0.717, 1.165) is 6.54 Å². The number of aliphatic imine (C=N–C) groups is 1. The third-order valence-electron chi connectivity index (χ3n) is 3.17. The minimum atomic E-state index is 0.158. The van der Waals surface area contributed by atoms with Gasteiger partial charge in [-0.2, -0.15) is 0 Å². The number of hydrogen-bond donors (Lipinski definition) is 0. The molecule has 0 spiro atoms. The summed E-state index contributed by atoms with van der Waals surface area (Å²) in [6.07, 6.45) is 0. The third kappa shape index (κ3) is 2.80. The summed E-state index contributed by atoms with van der Waals surface area (Å²) in [5.74, 6) is 0. The summed E-state index contributed by atoms with van der Waals surface area (Å²) in [5.41, 5.74) is 3.15. The topological polar surface area (TPSA) is 12.4 Å². The van der Waals surface area contributed by atoms with E-state index >= 15 is 0 Å². The molecule has 0 saturated carbocycles. The molecule has 0 amide bonds. The summed E-state index contributed by atoms with van der Waals surface area (Å²) in [7, 11) is 0. The van der Waals surface area contributed by atoms with Crippen molar-refractivity contribution in [2.45, 2.75) is 58.4 Å². The summed E-state index contributed by atoms with van der Waals surface area (Å²) in [4.78, 5) is 6.12. The SMILES string of the molecule is CC(C)(C)C1=NCc2cc(C(C)(C)C)ccc2S1. The van der Waals surface area contributed by atoms with E-state index < -0.39 is 0 Å². The molecule has 1 aliphatic heterocycles. The molecule has 18 heavy (non-hydrogen) atoms. The van der Waals surface area contributed by atoms with Crippen LogP contribution in [0.2, 0.25) is 0 Å². The van der Waals surface area contributed by atoms with Crippen LogP contribution < -0.4 is 0 Å². The number of hydrogen-bond acceptors (Lipinski definition) is 2. The number of nitrogens with zero attached hydrogens (tertiary/aromatic N) is 1. The minimum Gasteiger partial charge on any atom is -0.277 e. The van der Waals surface area contributed by atoms with E-state index in [-0.39, 0.29) is 10.8 Å². The molecular weight excluding hydrogens is 238 g/mol. The van der Waals surface area contributed by atoms with Crippen LogP contribution in [-0.2, 0) is 12.0 Å². The second-order valence-electron chi connectivity index (χ2n) is 7.05. The van der Waals surface area contributed by atoms with E-state index in [4.69, 9.17) is 4.99 Å². The van der Waals surface area contributed by atoms with Crippen molar-refractivity contribution in [3.05, 3.63) is 29.3 Å². The average molecular weight is 261 g/mol. The Morgan fingerprint density at radius 2 is 1.67 bits per heavy atom. The Hall–Kier alpha value is -0.760. The zero-order valence-corrected chi connectivity index (χ0v) is 13.1. The van der Waals surface area contributed by atoms with Gasteiger partial charge in [-0.1, -0.05) is 65.4 Å². The average Bonchev–Trinajstić information content (AvgIpc) is 2.25. The Balaban J connectivity index is 2.32. The molecule has 0 aliphatic carbocycles. The molecule has 0 fully saturated rings. The summed E-state index contributed by atoms with van der Waals surface area (Å²) in [6.45, 7) is 14.3. The molecule has 1 nitrogen and oxygen atoms in total. The van der Waals surface area contributed by atoms with E-state index in [1.807, 2.05) is 11.8 Å². The van der Waals surface area contributed by atoms with E-state index in [1.165, 1.54) is 21.1 Å². The molecule has 1 aromatic carbocycles. The minimum absolute atomic E-state index is 0.158. The zero-order chi connectivity index (χ0) is 13.6. The van der Waals surface area contributed by atoms with Gasteiger partial charge in [-0.25, -0.2) is 0 Å². The number of rotatable bonds is 0. The first-order valence-electron chi connectivity index (χ1n) is 6.54. The normalized spacial score (nSPS) is 16.2. The largest absolute Gasteiger partial charge is 0.277 e. The van der Waals surface area contributed by atoms with E-state index in [0.29, 0.717) is 0 Å². The Morgan fingerprint density at radius 1 is 1.00 bits per heavy atom. The maximum Gasteiger partial charge on any atom is 0.0781 e. The lowest BCUT2D eigenvalue weighted by atomic mass is 9.86. The molecule has 2 heteroatoms. The Labute approximate surface area is 115 Å². The molecule has 0 saturated heterocycles. The van der Waals surface area contributed by atoms with Crippen LogP contribution in [0.5, 0.6) is 0 Å². The first-order valence-corrected chi connectivity index (χ1v) is 7.36. The molecule has 1 aromatic rings. The Bertz CT molecular complexity index is 487. The van der Waals surface area contributed by atoms with Gasteiger partial charge < -0.3 is 0 Å². The molecule has 98 valence electrons. The Morgan fingerprint density at radius 3 is 2.22 bits per heavy atom. The predicted molar refractivity (Wildman–Crippen MR) is 81.6 cm³/mol. The Kier molecular flexibility index (Phi) is 3.35. The van der Waals surface area contributed by atoms with Crippen LogP contribution in [0.25, 0.3) is 0 Å². The maximum absolute atomic E-state index is 4.74. The van der Waals surface area contributed by atoms with Crippen molar-refractivity contribution in [2.24, 2.45) is 10.4 Å². The van der Waals surface area contributed by atoms with E-state index in [1.54, 1.807) is 0 Å². The van der Waals surface area contributed by atoms with Gasteiger partial charge in [0.05, 0.1) is 11.6 Å². The van der Waals surface area contributed by atoms with E-state index in [9.17, 15) is 0 Å². The molecule has 0 aromatic heterocycles. The fraction of sp³-hybridized carbons (Fsp3) is 0.562. The highest BCUT2D eigenvalue weighted by Crippen LogP contribution is 2.38. The molecule has 0 bridgehead atoms. The van der Waals surface area contributed by atoms with Gasteiger partial charge in [0.2, 0.25) is 0 Å². The first kappa shape index (κ1) is 13.7. The molecule has 1 aliphatic rings. The summed E-state index contributed by atoms with van der Waals surface area (Å²) in [5, 5.41) is 1.25. The molecule has 0 radical (unpaired) electrons. The highest BCUT2D eigenvalue weighted by Gasteiger charge is 2.25. The monoisotopic (exact) mass is 261 g/mol. The summed E-state index contributed by atoms with van der Waals surface area (Å²) in [6, 6.07) is 6.85. The van der Waals surface area contributed by atoms with Crippen molar-refractivity contribution >= 4 is 16.8 Å². The summed E-state index contributed by atoms with van der Waals surface area (Å²) >= 11 is 1.83. The van der Waals surface area contributed by atoms with Gasteiger partial charge in [0.1, 0.15) is 0 Å². The highest BCUT2D eigenvalue weighted by atomic mass is 32.2. The van der Waals surface area contributed by atoms with Gasteiger partial charge in [-0.05, 0) is 22.6 Å². The van der Waals surface area contributed by atoms with Crippen molar-refractivity contribution in [1.82, 2.24) is 0 Å². The van der Waals surface area contributed by atoms with E-state index in [2.05, 4.69) is 59.7 Å². The number of fused-ring (bicyclic) bond motifs is 1. The van der Waals surface area contributed by atoms with Crippen molar-refractivity contribution in [3.8, 4) is 0 Å². The second kappa shape index (κ2) is 4.41. The van der Waals surface area contributed by atoms with Crippen LogP contribution in [0.4, 0.5) is 0 Å². The van der Waals surface area contributed by atoms with Gasteiger partial charge in [-0.15, -0.1) is 0 Å². The molecule has 0 atom stereocenters. The third-order valence-corrected chi connectivity index (χ3v) is 4.72. The second-order valence-corrected chi connectivity index (χ2v) is 8.08. The van der Waals surface area contributed by atoms with Gasteiger partial charge in [0.25, 0.3) is 0 Å². The summed E-state index contributed by atoms with van der Waals surface area (Å²) < 4.78 is 0. The standard InChI is InChI=1S/C16H23NS/c1-15(2,3)12-7-8-13-11(9-12)10-17-14(18-13)16(4,5)6/h7-9H,10H2,1-6H3. The molecule has 0 N–H and O–H groups in total. The van der Waals surface area contributed by atoms with Gasteiger partial charge in [0.15, 0.2) is 0 Å². The lowest BCUT2D eigenvalue weighted by Gasteiger charge is -2.27. The van der Waals surface area contributed by atoms with Gasteiger partial charge in [0, 0.05) is 10.3 Å². The first-order chi connectivity index (χ1) is 8.18. The zero-order valence-electron chi connectivity index (χ0n) is 12.3. The molecular formula is C16H23NS. The molecule has 0 unspecified atom stereocenters. The smallest absolute Gasteiger partial charge is 0.0781 e. The fourth-order valence-electron chi connectivity index (χ4n) is 1.95. The highest BCUT2D eigenvalue weighted by molar-refractivity contribution is 8.14. The van der Waals surface area contributed by atoms with Crippen LogP contribution >= 0.6 is 11.8 Å². The fourth-order valence-corrected chi connectivity index (χ4v) is 2.99. The van der Waals surface area contributed by atoms with Crippen LogP contribution in [0.3, 0.4) is 0 Å². The van der Waals surface area contributed by atoms with Gasteiger partial charge >= 0.3 is 0 Å². The van der Waals surface area contributed by atoms with Crippen LogP contribution in [0.1, 0.15) is 52.7 Å². The number of benzene rings is 1. The van der Waals surface area contributed by atoms with Crippen molar-refractivity contribution in [3.63, 3.8) is 0 Å². The van der Waals surface area contributed by atoms with Crippen LogP contribution in [-0.4, -0.2) is 5.04 Å². The van der Waals surface area contributed by atoms with Crippen molar-refractivity contribution < 1.29 is 0 Å². The quantitative estimate of drug-likeness (QED) is 0.637. The van der Waals surface area contributed by atoms with Crippen LogP contribution in [0, 0.1) is 5.41 Å².